The zero-order valence-electron chi connectivity index (χ0n) is 9.47. The molecule has 0 fully saturated rings. The first-order valence-corrected chi connectivity index (χ1v) is 5.33. The first-order chi connectivity index (χ1) is 8.18. The van der Waals surface area contributed by atoms with E-state index in [4.69, 9.17) is 0 Å². The first kappa shape index (κ1) is 11.2. The number of rotatable bonds is 2. The van der Waals surface area contributed by atoms with Crippen molar-refractivity contribution < 1.29 is 9.90 Å². The third kappa shape index (κ3) is 2.45. The minimum Gasteiger partial charge on any atom is -0.506 e. The molecule has 1 amide bonds. The summed E-state index contributed by atoms with van der Waals surface area (Å²) in [6.45, 7) is 1.87. The summed E-state index contributed by atoms with van der Waals surface area (Å²) in [5, 5.41) is 12.2. The lowest BCUT2D eigenvalue weighted by molar-refractivity contribution is 0.102. The van der Waals surface area contributed by atoms with Gasteiger partial charge in [-0.15, -0.1) is 0 Å². The van der Waals surface area contributed by atoms with Gasteiger partial charge >= 0.3 is 0 Å². The Kier molecular flexibility index (Phi) is 3.10. The number of nitrogens with one attached hydrogen (secondary N) is 1. The molecule has 0 aliphatic carbocycles. The molecule has 3 heteroatoms. The SMILES string of the molecule is Cc1ccccc1C(=O)Nc1ccccc1O. The molecule has 0 saturated carbocycles. The molecule has 0 heterocycles. The van der Waals surface area contributed by atoms with Crippen LogP contribution in [0.3, 0.4) is 0 Å². The van der Waals surface area contributed by atoms with Gasteiger partial charge in [0.15, 0.2) is 0 Å². The van der Waals surface area contributed by atoms with Crippen LogP contribution in [-0.4, -0.2) is 11.0 Å². The highest BCUT2D eigenvalue weighted by atomic mass is 16.3. The van der Waals surface area contributed by atoms with Crippen molar-refractivity contribution in [3.05, 3.63) is 59.7 Å². The predicted octanol–water partition coefficient (Wildman–Crippen LogP) is 2.95. The second kappa shape index (κ2) is 4.70. The minimum atomic E-state index is -0.218. The predicted molar refractivity (Wildman–Crippen MR) is 67.2 cm³/mol. The number of benzene rings is 2. The molecule has 2 N–H and O–H groups in total. The fourth-order valence-corrected chi connectivity index (χ4v) is 1.60. The maximum absolute atomic E-state index is 12.0. The van der Waals surface area contributed by atoms with E-state index in [1.165, 1.54) is 6.07 Å². The minimum absolute atomic E-state index is 0.0643. The Hall–Kier alpha value is -2.29. The molecule has 2 rings (SSSR count). The van der Waals surface area contributed by atoms with Crippen LogP contribution in [0.1, 0.15) is 15.9 Å². The molecular weight excluding hydrogens is 214 g/mol. The van der Waals surface area contributed by atoms with Crippen LogP contribution in [0, 0.1) is 6.92 Å². The topological polar surface area (TPSA) is 49.3 Å². The fourth-order valence-electron chi connectivity index (χ4n) is 1.60. The zero-order valence-corrected chi connectivity index (χ0v) is 9.47. The number of phenols is 1. The summed E-state index contributed by atoms with van der Waals surface area (Å²) in [4.78, 5) is 12.0. The summed E-state index contributed by atoms with van der Waals surface area (Å²) in [6, 6.07) is 14.0. The lowest BCUT2D eigenvalue weighted by Crippen LogP contribution is -2.13. The molecule has 2 aromatic carbocycles. The molecule has 0 aromatic heterocycles. The van der Waals surface area contributed by atoms with Crippen molar-refractivity contribution in [3.8, 4) is 5.75 Å². The van der Waals surface area contributed by atoms with Crippen LogP contribution in [0.5, 0.6) is 5.75 Å². The molecule has 0 bridgehead atoms. The molecule has 0 unspecified atom stereocenters. The molecule has 86 valence electrons. The molecule has 0 aliphatic heterocycles. The number of aromatic hydroxyl groups is 1. The quantitative estimate of drug-likeness (QED) is 0.775. The highest BCUT2D eigenvalue weighted by molar-refractivity contribution is 6.05. The second-order valence-electron chi connectivity index (χ2n) is 3.79. The number of phenolic OH excluding ortho intramolecular Hbond substituents is 1. The van der Waals surface area contributed by atoms with E-state index in [9.17, 15) is 9.90 Å². The molecule has 0 atom stereocenters. The maximum atomic E-state index is 12.0. The molecule has 2 aromatic rings. The van der Waals surface area contributed by atoms with Crippen LogP contribution in [0.2, 0.25) is 0 Å². The van der Waals surface area contributed by atoms with E-state index in [1.54, 1.807) is 24.3 Å². The van der Waals surface area contributed by atoms with E-state index in [0.29, 0.717) is 11.3 Å². The van der Waals surface area contributed by atoms with E-state index in [-0.39, 0.29) is 11.7 Å². The monoisotopic (exact) mass is 227 g/mol. The van der Waals surface area contributed by atoms with Gasteiger partial charge in [0.1, 0.15) is 5.75 Å². The van der Waals surface area contributed by atoms with Gasteiger partial charge in [-0.1, -0.05) is 30.3 Å². The Labute approximate surface area is 99.7 Å². The third-order valence-electron chi connectivity index (χ3n) is 2.54. The van der Waals surface area contributed by atoms with E-state index in [2.05, 4.69) is 5.32 Å². The zero-order chi connectivity index (χ0) is 12.3. The number of anilines is 1. The number of para-hydroxylation sites is 2. The fraction of sp³-hybridized carbons (Fsp3) is 0.0714. The average molecular weight is 227 g/mol. The van der Waals surface area contributed by atoms with Gasteiger partial charge in [0.25, 0.3) is 5.91 Å². The number of carbonyl (C=O) groups excluding carboxylic acids is 1. The maximum Gasteiger partial charge on any atom is 0.256 e. The van der Waals surface area contributed by atoms with Crippen LogP contribution < -0.4 is 5.32 Å². The van der Waals surface area contributed by atoms with Gasteiger partial charge in [-0.3, -0.25) is 4.79 Å². The average Bonchev–Trinajstić information content (AvgIpc) is 2.32. The summed E-state index contributed by atoms with van der Waals surface area (Å²) >= 11 is 0. The van der Waals surface area contributed by atoms with Crippen LogP contribution >= 0.6 is 0 Å². The highest BCUT2D eigenvalue weighted by Crippen LogP contribution is 2.22. The number of hydrogen-bond donors (Lipinski definition) is 2. The molecule has 0 aliphatic rings. The number of amides is 1. The first-order valence-electron chi connectivity index (χ1n) is 5.33. The van der Waals surface area contributed by atoms with Crippen molar-refractivity contribution in [2.75, 3.05) is 5.32 Å². The Morgan fingerprint density at radius 1 is 1.06 bits per heavy atom. The summed E-state index contributed by atoms with van der Waals surface area (Å²) in [6.07, 6.45) is 0. The van der Waals surface area contributed by atoms with E-state index < -0.39 is 0 Å². The van der Waals surface area contributed by atoms with E-state index >= 15 is 0 Å². The van der Waals surface area contributed by atoms with Crippen molar-refractivity contribution in [2.24, 2.45) is 0 Å². The molecule has 0 spiro atoms. The van der Waals surface area contributed by atoms with Crippen LogP contribution in [-0.2, 0) is 0 Å². The third-order valence-corrected chi connectivity index (χ3v) is 2.54. The van der Waals surface area contributed by atoms with Gasteiger partial charge in [-0.05, 0) is 30.7 Å². The van der Waals surface area contributed by atoms with Gasteiger partial charge in [0.2, 0.25) is 0 Å². The smallest absolute Gasteiger partial charge is 0.256 e. The molecule has 0 radical (unpaired) electrons. The van der Waals surface area contributed by atoms with Crippen LogP contribution in [0.4, 0.5) is 5.69 Å². The Bertz CT molecular complexity index is 549. The second-order valence-corrected chi connectivity index (χ2v) is 3.79. The van der Waals surface area contributed by atoms with Crippen LogP contribution in [0.15, 0.2) is 48.5 Å². The van der Waals surface area contributed by atoms with Gasteiger partial charge in [-0.2, -0.15) is 0 Å². The number of carbonyl (C=O) groups is 1. The Morgan fingerprint density at radius 3 is 2.41 bits per heavy atom. The van der Waals surface area contributed by atoms with Gasteiger partial charge < -0.3 is 10.4 Å². The highest BCUT2D eigenvalue weighted by Gasteiger charge is 2.09. The summed E-state index contributed by atoms with van der Waals surface area (Å²) in [5.41, 5.74) is 1.93. The van der Waals surface area contributed by atoms with Crippen molar-refractivity contribution in [1.29, 1.82) is 0 Å². The Morgan fingerprint density at radius 2 is 1.71 bits per heavy atom. The summed E-state index contributed by atoms with van der Waals surface area (Å²) < 4.78 is 0. The van der Waals surface area contributed by atoms with Gasteiger partial charge in [-0.25, -0.2) is 0 Å². The lowest BCUT2D eigenvalue weighted by atomic mass is 10.1. The van der Waals surface area contributed by atoms with Gasteiger partial charge in [0.05, 0.1) is 5.69 Å². The number of aryl methyl sites for hydroxylation is 1. The molecule has 3 nitrogen and oxygen atoms in total. The van der Waals surface area contributed by atoms with E-state index in [0.717, 1.165) is 5.56 Å². The molecular formula is C14H13NO2. The summed E-state index contributed by atoms with van der Waals surface area (Å²) in [5.74, 6) is -0.154. The number of hydrogen-bond acceptors (Lipinski definition) is 2. The van der Waals surface area contributed by atoms with Crippen molar-refractivity contribution >= 4 is 11.6 Å². The molecule has 17 heavy (non-hydrogen) atoms. The standard InChI is InChI=1S/C14H13NO2/c1-10-6-2-3-7-11(10)14(17)15-12-8-4-5-9-13(12)16/h2-9,16H,1H3,(H,15,17). The van der Waals surface area contributed by atoms with Crippen LogP contribution in [0.25, 0.3) is 0 Å². The van der Waals surface area contributed by atoms with Crippen molar-refractivity contribution in [1.82, 2.24) is 0 Å². The normalized spacial score (nSPS) is 9.94. The largest absolute Gasteiger partial charge is 0.506 e. The van der Waals surface area contributed by atoms with Gasteiger partial charge in [0, 0.05) is 5.56 Å². The van der Waals surface area contributed by atoms with Crippen molar-refractivity contribution in [2.45, 2.75) is 6.92 Å². The Balaban J connectivity index is 2.24. The van der Waals surface area contributed by atoms with Crippen molar-refractivity contribution in [3.63, 3.8) is 0 Å². The van der Waals surface area contributed by atoms with E-state index in [1.807, 2.05) is 25.1 Å². The molecule has 0 saturated heterocycles. The lowest BCUT2D eigenvalue weighted by Gasteiger charge is -2.08. The summed E-state index contributed by atoms with van der Waals surface area (Å²) in [7, 11) is 0.